The van der Waals surface area contributed by atoms with Crippen molar-refractivity contribution in [1.29, 1.82) is 0 Å². The van der Waals surface area contributed by atoms with Gasteiger partial charge in [0.25, 0.3) is 11.5 Å². The number of rotatable bonds is 8. The van der Waals surface area contributed by atoms with E-state index in [1.807, 2.05) is 20.8 Å². The molecule has 198 valence electrons. The largest absolute Gasteiger partial charge is 0.377 e. The number of alkyl halides is 2. The number of aliphatic hydroxyl groups is 3. The van der Waals surface area contributed by atoms with Crippen molar-refractivity contribution in [1.82, 2.24) is 24.5 Å². The molecule has 0 amide bonds. The fourth-order valence-electron chi connectivity index (χ4n) is 5.20. The number of hydrogen-bond donors (Lipinski definition) is 3. The van der Waals surface area contributed by atoms with Gasteiger partial charge in [-0.1, -0.05) is 6.92 Å². The molecule has 0 aromatic carbocycles. The fraction of sp³-hybridized carbons (Fsp3) is 0.560. The topological polar surface area (TPSA) is 143 Å². The standard InChI is InChI=1S/C25H29F2N5O5/c1-5-14(8-17(37-4)15-6-7-18(33)32(10-15)25(34,35)36)21-30-19(16-9-23(16)11-24(23,26)27)20-22(31-21)29-13(3)12(2)28-20/h6-7,10,14,16-17,34-36H,5,8-9,11H2,1-4H3. The molecule has 0 aliphatic heterocycles. The molecule has 10 nitrogen and oxygen atoms in total. The van der Waals surface area contributed by atoms with E-state index in [0.29, 0.717) is 63.5 Å². The second-order valence-corrected chi connectivity index (χ2v) is 10.2. The zero-order valence-corrected chi connectivity index (χ0v) is 20.9. The zero-order chi connectivity index (χ0) is 26.9. The Morgan fingerprint density at radius 2 is 1.84 bits per heavy atom. The molecule has 12 heteroatoms. The van der Waals surface area contributed by atoms with Crippen LogP contribution in [0.5, 0.6) is 0 Å². The van der Waals surface area contributed by atoms with Gasteiger partial charge in [0, 0.05) is 43.0 Å². The van der Waals surface area contributed by atoms with Gasteiger partial charge >= 0.3 is 6.10 Å². The summed E-state index contributed by atoms with van der Waals surface area (Å²) in [5.74, 6) is -2.95. The van der Waals surface area contributed by atoms with E-state index in [2.05, 4.69) is 15.0 Å². The van der Waals surface area contributed by atoms with E-state index in [0.717, 1.165) is 12.3 Å². The molecule has 0 bridgehead atoms. The Morgan fingerprint density at radius 1 is 1.16 bits per heavy atom. The molecule has 3 aromatic rings. The van der Waals surface area contributed by atoms with Crippen LogP contribution in [0.1, 0.15) is 79.0 Å². The first-order valence-corrected chi connectivity index (χ1v) is 12.1. The van der Waals surface area contributed by atoms with E-state index < -0.39 is 35.0 Å². The number of aromatic nitrogens is 5. The molecule has 1 spiro atoms. The first kappa shape index (κ1) is 25.7. The number of pyridine rings is 1. The summed E-state index contributed by atoms with van der Waals surface area (Å²) in [6, 6.07) is 2.56. The summed E-state index contributed by atoms with van der Waals surface area (Å²) in [7, 11) is 1.46. The average Bonchev–Trinajstić information content (AvgIpc) is 3.68. The van der Waals surface area contributed by atoms with Crippen LogP contribution >= 0.6 is 0 Å². The molecular weight excluding hydrogens is 488 g/mol. The van der Waals surface area contributed by atoms with Crippen LogP contribution in [-0.4, -0.2) is 52.9 Å². The molecule has 2 fully saturated rings. The Hall–Kier alpha value is -2.93. The highest BCUT2D eigenvalue weighted by molar-refractivity contribution is 5.75. The van der Waals surface area contributed by atoms with Gasteiger partial charge in [0.2, 0.25) is 0 Å². The monoisotopic (exact) mass is 517 g/mol. The predicted molar refractivity (Wildman–Crippen MR) is 127 cm³/mol. The third-order valence-corrected chi connectivity index (χ3v) is 7.80. The maximum absolute atomic E-state index is 14.2. The predicted octanol–water partition coefficient (Wildman–Crippen LogP) is 2.53. The number of hydrogen-bond acceptors (Lipinski definition) is 9. The van der Waals surface area contributed by atoms with Crippen LogP contribution in [0.25, 0.3) is 11.2 Å². The molecule has 5 rings (SSSR count). The maximum atomic E-state index is 14.2. The lowest BCUT2D eigenvalue weighted by molar-refractivity contribution is -0.377. The van der Waals surface area contributed by atoms with Crippen LogP contribution in [-0.2, 0) is 10.8 Å². The second-order valence-electron chi connectivity index (χ2n) is 10.2. The number of nitrogens with zero attached hydrogens (tertiary/aromatic N) is 5. The Balaban J connectivity index is 1.53. The van der Waals surface area contributed by atoms with Crippen molar-refractivity contribution in [2.45, 2.75) is 76.4 Å². The second kappa shape index (κ2) is 8.55. The highest BCUT2D eigenvalue weighted by atomic mass is 19.3. The van der Waals surface area contributed by atoms with E-state index in [4.69, 9.17) is 9.72 Å². The smallest absolute Gasteiger partial charge is 0.376 e. The van der Waals surface area contributed by atoms with Gasteiger partial charge in [-0.25, -0.2) is 33.3 Å². The summed E-state index contributed by atoms with van der Waals surface area (Å²) < 4.78 is 34.3. The van der Waals surface area contributed by atoms with Crippen molar-refractivity contribution >= 4 is 11.2 Å². The molecule has 37 heavy (non-hydrogen) atoms. The van der Waals surface area contributed by atoms with Gasteiger partial charge in [-0.2, -0.15) is 0 Å². The van der Waals surface area contributed by atoms with E-state index in [-0.39, 0.29) is 12.3 Å². The molecule has 4 atom stereocenters. The van der Waals surface area contributed by atoms with E-state index in [1.54, 1.807) is 0 Å². The van der Waals surface area contributed by atoms with Crippen LogP contribution in [0.3, 0.4) is 0 Å². The number of ether oxygens (including phenoxy) is 1. The van der Waals surface area contributed by atoms with Gasteiger partial charge in [-0.15, -0.1) is 0 Å². The van der Waals surface area contributed by atoms with Gasteiger partial charge in [0.15, 0.2) is 5.65 Å². The lowest BCUT2D eigenvalue weighted by Gasteiger charge is -2.24. The van der Waals surface area contributed by atoms with Gasteiger partial charge in [-0.05, 0) is 44.7 Å². The first-order valence-electron chi connectivity index (χ1n) is 12.1. The van der Waals surface area contributed by atoms with Crippen molar-refractivity contribution in [3.63, 3.8) is 0 Å². The Labute approximate surface area is 211 Å². The number of halogens is 2. The molecule has 2 aliphatic rings. The van der Waals surface area contributed by atoms with Gasteiger partial charge in [-0.3, -0.25) is 4.79 Å². The molecule has 4 unspecified atom stereocenters. The van der Waals surface area contributed by atoms with Crippen molar-refractivity contribution in [2.24, 2.45) is 5.41 Å². The summed E-state index contributed by atoms with van der Waals surface area (Å²) in [4.78, 5) is 30.6. The maximum Gasteiger partial charge on any atom is 0.376 e. The lowest BCUT2D eigenvalue weighted by Crippen LogP contribution is -2.40. The van der Waals surface area contributed by atoms with Gasteiger partial charge in [0.05, 0.1) is 23.2 Å². The molecule has 3 heterocycles. The van der Waals surface area contributed by atoms with Crippen molar-refractivity contribution in [3.8, 4) is 0 Å². The average molecular weight is 518 g/mol. The van der Waals surface area contributed by atoms with E-state index in [9.17, 15) is 28.9 Å². The number of aryl methyl sites for hydroxylation is 2. The Kier molecular flexibility index (Phi) is 5.94. The van der Waals surface area contributed by atoms with Crippen molar-refractivity contribution in [2.75, 3.05) is 7.11 Å². The third-order valence-electron chi connectivity index (χ3n) is 7.80. The summed E-state index contributed by atoms with van der Waals surface area (Å²) in [5, 5.41) is 28.6. The van der Waals surface area contributed by atoms with Crippen LogP contribution in [0.2, 0.25) is 0 Å². The molecule has 3 N–H and O–H groups in total. The van der Waals surface area contributed by atoms with Crippen molar-refractivity contribution in [3.05, 3.63) is 57.2 Å². The van der Waals surface area contributed by atoms with E-state index >= 15 is 0 Å². The third kappa shape index (κ3) is 4.31. The normalized spacial score (nSPS) is 23.9. The van der Waals surface area contributed by atoms with Crippen LogP contribution in [0, 0.1) is 19.3 Å². The van der Waals surface area contributed by atoms with Gasteiger partial charge in [0.1, 0.15) is 11.3 Å². The molecule has 2 aliphatic carbocycles. The first-order chi connectivity index (χ1) is 17.3. The highest BCUT2D eigenvalue weighted by Gasteiger charge is 2.84. The quantitative estimate of drug-likeness (QED) is 0.384. The fourth-order valence-corrected chi connectivity index (χ4v) is 5.20. The lowest BCUT2D eigenvalue weighted by atomic mass is 9.94. The van der Waals surface area contributed by atoms with Crippen molar-refractivity contribution < 1.29 is 28.8 Å². The molecule has 0 radical (unpaired) electrons. The molecule has 2 saturated carbocycles. The Morgan fingerprint density at radius 3 is 2.41 bits per heavy atom. The zero-order valence-electron chi connectivity index (χ0n) is 20.9. The summed E-state index contributed by atoms with van der Waals surface area (Å²) in [6.45, 7) is 5.56. The highest BCUT2D eigenvalue weighted by Crippen LogP contribution is 2.82. The minimum Gasteiger partial charge on any atom is -0.377 e. The molecule has 0 saturated heterocycles. The van der Waals surface area contributed by atoms with Crippen LogP contribution in [0.15, 0.2) is 23.1 Å². The summed E-state index contributed by atoms with van der Waals surface area (Å²) >= 11 is 0. The summed E-state index contributed by atoms with van der Waals surface area (Å²) in [6.07, 6.45) is -1.78. The Bertz CT molecular complexity index is 1440. The van der Waals surface area contributed by atoms with E-state index in [1.165, 1.54) is 13.2 Å². The SMILES string of the molecule is CCC(CC(OC)c1ccc(=O)n(C(O)(O)O)c1)c1nc(C2CC23CC3(F)F)c2nc(C)c(C)nc2n1. The van der Waals surface area contributed by atoms with Gasteiger partial charge < -0.3 is 20.1 Å². The summed E-state index contributed by atoms with van der Waals surface area (Å²) in [5.41, 5.74) is 1.25. The minimum atomic E-state index is -3.37. The van der Waals surface area contributed by atoms with Crippen LogP contribution in [0.4, 0.5) is 8.78 Å². The number of methoxy groups -OCH3 is 1. The molecular formula is C25H29F2N5O5. The number of fused-ring (bicyclic) bond motifs is 1. The minimum absolute atomic E-state index is 0.148. The molecule has 3 aromatic heterocycles. The van der Waals surface area contributed by atoms with Crippen LogP contribution < -0.4 is 5.56 Å².